The molecule has 0 radical (unpaired) electrons. The van der Waals surface area contributed by atoms with Crippen molar-refractivity contribution in [2.45, 2.75) is 0 Å². The number of benzene rings is 3. The molecule has 2 heterocycles. The Morgan fingerprint density at radius 1 is 0.972 bits per heavy atom. The Hall–Kier alpha value is -4.50. The number of rotatable bonds is 7. The van der Waals surface area contributed by atoms with Gasteiger partial charge in [-0.25, -0.2) is 4.98 Å². The lowest BCUT2D eigenvalue weighted by atomic mass is 10.1. The summed E-state index contributed by atoms with van der Waals surface area (Å²) < 4.78 is 17.4. The molecule has 0 fully saturated rings. The highest BCUT2D eigenvalue weighted by Gasteiger charge is 2.18. The van der Waals surface area contributed by atoms with E-state index in [0.29, 0.717) is 45.2 Å². The van der Waals surface area contributed by atoms with E-state index in [0.717, 1.165) is 16.6 Å². The Bertz CT molecular complexity index is 1600. The van der Waals surface area contributed by atoms with Gasteiger partial charge in [-0.15, -0.1) is 0 Å². The Morgan fingerprint density at radius 3 is 2.42 bits per heavy atom. The van der Waals surface area contributed by atoms with Crippen LogP contribution < -0.4 is 19.8 Å². The molecule has 5 rings (SSSR count). The van der Waals surface area contributed by atoms with Gasteiger partial charge in [0.15, 0.2) is 0 Å². The lowest BCUT2D eigenvalue weighted by Crippen LogP contribution is -2.18. The topological polar surface area (TPSA) is 107 Å². The number of H-pyrrole nitrogens is 2. The Balaban J connectivity index is 1.67. The SMILES string of the molecule is COc1ccc(-c2[nH]n(-c3nc4ccccc4[nH]3)c(=O)c2C=Nc2cc(OC)c(Cl)cc2OC)cc1. The first-order valence-electron chi connectivity index (χ1n) is 10.9. The normalized spacial score (nSPS) is 11.3. The van der Waals surface area contributed by atoms with Crippen LogP contribution in [0, 0.1) is 0 Å². The van der Waals surface area contributed by atoms with E-state index in [2.05, 4.69) is 20.1 Å². The number of imidazole rings is 1. The van der Waals surface area contributed by atoms with Gasteiger partial charge in [-0.05, 0) is 36.4 Å². The van der Waals surface area contributed by atoms with Crippen molar-refractivity contribution in [1.82, 2.24) is 19.7 Å². The molecule has 0 amide bonds. The molecule has 0 spiro atoms. The molecule has 0 saturated carbocycles. The van der Waals surface area contributed by atoms with E-state index < -0.39 is 0 Å². The maximum Gasteiger partial charge on any atom is 0.283 e. The van der Waals surface area contributed by atoms with Crippen molar-refractivity contribution in [3.8, 4) is 34.5 Å². The highest BCUT2D eigenvalue weighted by atomic mass is 35.5. The van der Waals surface area contributed by atoms with Crippen LogP contribution >= 0.6 is 11.6 Å². The maximum atomic E-state index is 13.6. The van der Waals surface area contributed by atoms with Crippen LogP contribution in [-0.2, 0) is 0 Å². The minimum Gasteiger partial charge on any atom is -0.497 e. The number of methoxy groups -OCH3 is 3. The number of aliphatic imine (C=N–C) groups is 1. The van der Waals surface area contributed by atoms with Crippen LogP contribution in [0.2, 0.25) is 5.02 Å². The van der Waals surface area contributed by atoms with E-state index in [4.69, 9.17) is 25.8 Å². The number of aromatic nitrogens is 4. The second-order valence-electron chi connectivity index (χ2n) is 7.76. The summed E-state index contributed by atoms with van der Waals surface area (Å²) in [6, 6.07) is 18.2. The van der Waals surface area contributed by atoms with Gasteiger partial charge in [-0.2, -0.15) is 4.68 Å². The van der Waals surface area contributed by atoms with Crippen LogP contribution in [-0.4, -0.2) is 47.3 Å². The van der Waals surface area contributed by atoms with Crippen molar-refractivity contribution in [1.29, 1.82) is 0 Å². The summed E-state index contributed by atoms with van der Waals surface area (Å²) in [6.07, 6.45) is 1.49. The van der Waals surface area contributed by atoms with Crippen molar-refractivity contribution >= 4 is 34.5 Å². The van der Waals surface area contributed by atoms with Crippen LogP contribution in [0.3, 0.4) is 0 Å². The number of nitrogens with zero attached hydrogens (tertiary/aromatic N) is 3. The first-order valence-corrected chi connectivity index (χ1v) is 11.3. The van der Waals surface area contributed by atoms with Gasteiger partial charge < -0.3 is 19.2 Å². The number of ether oxygens (including phenoxy) is 3. The van der Waals surface area contributed by atoms with Crippen molar-refractivity contribution < 1.29 is 14.2 Å². The standard InChI is InChI=1S/C26H22ClN5O4/c1-34-16-10-8-15(9-11-16)24-17(14-28-21-13-22(35-2)18(27)12-23(21)36-3)25(33)32(31-24)26-29-19-6-4-5-7-20(19)30-26/h4-14,31H,1-3H3,(H,29,30). The molecule has 0 saturated heterocycles. The van der Waals surface area contributed by atoms with Crippen LogP contribution in [0.25, 0.3) is 28.2 Å². The number of fused-ring (bicyclic) bond motifs is 1. The largest absolute Gasteiger partial charge is 0.497 e. The Labute approximate surface area is 210 Å². The van der Waals surface area contributed by atoms with Gasteiger partial charge in [0.1, 0.15) is 22.9 Å². The molecular weight excluding hydrogens is 482 g/mol. The molecule has 0 aliphatic rings. The number of hydrogen-bond donors (Lipinski definition) is 2. The molecule has 10 heteroatoms. The van der Waals surface area contributed by atoms with E-state index in [-0.39, 0.29) is 5.56 Å². The predicted molar refractivity (Wildman–Crippen MR) is 140 cm³/mol. The zero-order valence-electron chi connectivity index (χ0n) is 19.7. The van der Waals surface area contributed by atoms with E-state index in [9.17, 15) is 4.79 Å². The number of halogens is 1. The average molecular weight is 504 g/mol. The Kier molecular flexibility index (Phi) is 6.22. The molecule has 0 unspecified atom stereocenters. The summed E-state index contributed by atoms with van der Waals surface area (Å²) in [6.45, 7) is 0. The average Bonchev–Trinajstić information content (AvgIpc) is 3.48. The predicted octanol–water partition coefficient (Wildman–Crippen LogP) is 5.14. The van der Waals surface area contributed by atoms with Crippen molar-refractivity contribution in [2.24, 2.45) is 4.99 Å². The molecule has 0 atom stereocenters. The fourth-order valence-corrected chi connectivity index (χ4v) is 4.05. The second-order valence-corrected chi connectivity index (χ2v) is 8.17. The zero-order chi connectivity index (χ0) is 25.2. The fraction of sp³-hybridized carbons (Fsp3) is 0.115. The van der Waals surface area contributed by atoms with Gasteiger partial charge in [0.05, 0.1) is 48.6 Å². The van der Waals surface area contributed by atoms with Crippen molar-refractivity contribution in [2.75, 3.05) is 21.3 Å². The molecule has 36 heavy (non-hydrogen) atoms. The highest BCUT2D eigenvalue weighted by molar-refractivity contribution is 6.32. The smallest absolute Gasteiger partial charge is 0.283 e. The third kappa shape index (κ3) is 4.20. The molecule has 5 aromatic rings. The monoisotopic (exact) mass is 503 g/mol. The van der Waals surface area contributed by atoms with Gasteiger partial charge in [-0.1, -0.05) is 23.7 Å². The highest BCUT2D eigenvalue weighted by Crippen LogP contribution is 2.37. The molecular formula is C26H22ClN5O4. The molecule has 2 N–H and O–H groups in total. The fourth-order valence-electron chi connectivity index (χ4n) is 3.82. The number of aromatic amines is 2. The molecule has 3 aromatic carbocycles. The third-order valence-corrected chi connectivity index (χ3v) is 5.98. The summed E-state index contributed by atoms with van der Waals surface area (Å²) >= 11 is 6.22. The molecule has 0 aliphatic heterocycles. The summed E-state index contributed by atoms with van der Waals surface area (Å²) in [7, 11) is 4.63. The summed E-state index contributed by atoms with van der Waals surface area (Å²) in [5, 5.41) is 3.57. The second kappa shape index (κ2) is 9.63. The van der Waals surface area contributed by atoms with E-state index in [1.54, 1.807) is 19.2 Å². The molecule has 182 valence electrons. The quantitative estimate of drug-likeness (QED) is 0.299. The number of para-hydroxylation sites is 2. The number of nitrogens with one attached hydrogen (secondary N) is 2. The minimum absolute atomic E-state index is 0.330. The summed E-state index contributed by atoms with van der Waals surface area (Å²) in [4.78, 5) is 25.9. The molecule has 0 aliphatic carbocycles. The molecule has 2 aromatic heterocycles. The van der Waals surface area contributed by atoms with E-state index >= 15 is 0 Å². The van der Waals surface area contributed by atoms with Crippen molar-refractivity contribution in [3.63, 3.8) is 0 Å². The first kappa shape index (κ1) is 23.3. The van der Waals surface area contributed by atoms with Crippen LogP contribution in [0.5, 0.6) is 17.2 Å². The van der Waals surface area contributed by atoms with E-state index in [1.807, 2.05) is 48.5 Å². The number of hydrogen-bond acceptors (Lipinski definition) is 6. The minimum atomic E-state index is -0.330. The van der Waals surface area contributed by atoms with E-state index in [1.165, 1.54) is 25.1 Å². The lowest BCUT2D eigenvalue weighted by Gasteiger charge is -2.08. The lowest BCUT2D eigenvalue weighted by molar-refractivity contribution is 0.404. The Morgan fingerprint density at radius 2 is 1.72 bits per heavy atom. The van der Waals surface area contributed by atoms with Gasteiger partial charge in [0.2, 0.25) is 5.95 Å². The first-order chi connectivity index (χ1) is 17.5. The van der Waals surface area contributed by atoms with Crippen LogP contribution in [0.4, 0.5) is 5.69 Å². The molecule has 9 nitrogen and oxygen atoms in total. The van der Waals surface area contributed by atoms with Crippen LogP contribution in [0.1, 0.15) is 5.56 Å². The van der Waals surface area contributed by atoms with Gasteiger partial charge in [0, 0.05) is 23.9 Å². The van der Waals surface area contributed by atoms with Crippen LogP contribution in [0.15, 0.2) is 70.5 Å². The van der Waals surface area contributed by atoms with Gasteiger partial charge in [-0.3, -0.25) is 14.9 Å². The molecule has 0 bridgehead atoms. The van der Waals surface area contributed by atoms with Gasteiger partial charge in [0.25, 0.3) is 5.56 Å². The van der Waals surface area contributed by atoms with Crippen molar-refractivity contribution in [3.05, 3.63) is 81.6 Å². The third-order valence-electron chi connectivity index (χ3n) is 5.68. The summed E-state index contributed by atoms with van der Waals surface area (Å²) in [5.74, 6) is 1.94. The van der Waals surface area contributed by atoms with Gasteiger partial charge >= 0.3 is 0 Å². The maximum absolute atomic E-state index is 13.6. The summed E-state index contributed by atoms with van der Waals surface area (Å²) in [5.41, 5.74) is 3.34. The zero-order valence-corrected chi connectivity index (χ0v) is 20.5.